The van der Waals surface area contributed by atoms with Crippen molar-refractivity contribution < 1.29 is 18.4 Å². The molecule has 0 radical (unpaired) electrons. The Bertz CT molecular complexity index is 252. The molecule has 0 rings (SSSR count). The lowest BCUT2D eigenvalue weighted by atomic mass is 10.5. The van der Waals surface area contributed by atoms with Gasteiger partial charge in [-0.1, -0.05) is 11.8 Å². The van der Waals surface area contributed by atoms with E-state index >= 15 is 0 Å². The van der Waals surface area contributed by atoms with Crippen LogP contribution in [0.5, 0.6) is 0 Å². The second kappa shape index (κ2) is 8.85. The Morgan fingerprint density at radius 1 is 1.18 bits per heavy atom. The molecule has 0 fully saturated rings. The SMILES string of the molecule is CCO[Si](C)(CCCSC(=O)C(C)=O)OCC. The zero-order valence-electron chi connectivity index (χ0n) is 11.1. The highest BCUT2D eigenvalue weighted by molar-refractivity contribution is 8.15. The van der Waals surface area contributed by atoms with Crippen molar-refractivity contribution in [3.63, 3.8) is 0 Å². The zero-order valence-corrected chi connectivity index (χ0v) is 12.9. The molecule has 0 aromatic rings. The van der Waals surface area contributed by atoms with E-state index in [1.807, 2.05) is 20.4 Å². The number of carbonyl (C=O) groups excluding carboxylic acids is 2. The second-order valence-electron chi connectivity index (χ2n) is 3.80. The van der Waals surface area contributed by atoms with Gasteiger partial charge in [0.15, 0.2) is 0 Å². The van der Waals surface area contributed by atoms with Crippen LogP contribution in [0.1, 0.15) is 27.2 Å². The molecule has 0 aliphatic rings. The third-order valence-corrected chi connectivity index (χ3v) is 6.30. The van der Waals surface area contributed by atoms with Crippen LogP contribution in [-0.4, -0.2) is 38.4 Å². The van der Waals surface area contributed by atoms with Crippen LogP contribution in [-0.2, 0) is 18.4 Å². The molecular formula is C11H22O4SSi. The molecular weight excluding hydrogens is 256 g/mol. The van der Waals surface area contributed by atoms with Crippen LogP contribution in [0.15, 0.2) is 0 Å². The van der Waals surface area contributed by atoms with Gasteiger partial charge in [-0.15, -0.1) is 0 Å². The zero-order chi connectivity index (χ0) is 13.3. The van der Waals surface area contributed by atoms with Crippen LogP contribution in [0, 0.1) is 0 Å². The number of rotatable bonds is 9. The van der Waals surface area contributed by atoms with E-state index in [1.54, 1.807) is 0 Å². The molecule has 0 aliphatic carbocycles. The van der Waals surface area contributed by atoms with Gasteiger partial charge in [0, 0.05) is 25.9 Å². The van der Waals surface area contributed by atoms with Gasteiger partial charge in [0.25, 0.3) is 5.12 Å². The Morgan fingerprint density at radius 2 is 1.71 bits per heavy atom. The van der Waals surface area contributed by atoms with E-state index in [0.717, 1.165) is 24.2 Å². The van der Waals surface area contributed by atoms with E-state index in [0.29, 0.717) is 19.0 Å². The highest BCUT2D eigenvalue weighted by Gasteiger charge is 2.29. The number of ketones is 1. The van der Waals surface area contributed by atoms with E-state index < -0.39 is 8.56 Å². The van der Waals surface area contributed by atoms with Gasteiger partial charge in [-0.2, -0.15) is 0 Å². The minimum absolute atomic E-state index is 0.360. The second-order valence-corrected chi connectivity index (χ2v) is 8.21. The van der Waals surface area contributed by atoms with Gasteiger partial charge < -0.3 is 8.85 Å². The summed E-state index contributed by atoms with van der Waals surface area (Å²) in [4.78, 5) is 21.8. The fraction of sp³-hybridized carbons (Fsp3) is 0.818. The van der Waals surface area contributed by atoms with Crippen molar-refractivity contribution in [2.75, 3.05) is 19.0 Å². The monoisotopic (exact) mass is 278 g/mol. The maximum Gasteiger partial charge on any atom is 0.334 e. The van der Waals surface area contributed by atoms with E-state index in [4.69, 9.17) is 8.85 Å². The maximum atomic E-state index is 11.1. The van der Waals surface area contributed by atoms with Crippen molar-refractivity contribution in [2.45, 2.75) is 39.8 Å². The Hall–Kier alpha value is -0.173. The average Bonchev–Trinajstić information content (AvgIpc) is 2.24. The molecule has 6 heteroatoms. The van der Waals surface area contributed by atoms with E-state index in [2.05, 4.69) is 0 Å². The van der Waals surface area contributed by atoms with E-state index in [9.17, 15) is 9.59 Å². The predicted octanol–water partition coefficient (Wildman–Crippen LogP) is 2.37. The summed E-state index contributed by atoms with van der Waals surface area (Å²) in [6.07, 6.45) is 0.840. The first kappa shape index (κ1) is 16.8. The average molecular weight is 278 g/mol. The summed E-state index contributed by atoms with van der Waals surface area (Å²) in [7, 11) is -2.06. The number of hydrogen-bond donors (Lipinski definition) is 0. The van der Waals surface area contributed by atoms with Crippen LogP contribution in [0.3, 0.4) is 0 Å². The lowest BCUT2D eigenvalue weighted by molar-refractivity contribution is -0.130. The number of hydrogen-bond acceptors (Lipinski definition) is 5. The van der Waals surface area contributed by atoms with E-state index in [1.165, 1.54) is 6.92 Å². The molecule has 0 spiro atoms. The van der Waals surface area contributed by atoms with Crippen molar-refractivity contribution in [3.05, 3.63) is 0 Å². The first-order valence-corrected chi connectivity index (χ1v) is 9.41. The van der Waals surface area contributed by atoms with Gasteiger partial charge >= 0.3 is 8.56 Å². The third-order valence-electron chi connectivity index (χ3n) is 2.20. The van der Waals surface area contributed by atoms with Gasteiger partial charge in [-0.05, 0) is 32.9 Å². The lowest BCUT2D eigenvalue weighted by Gasteiger charge is -2.25. The summed E-state index contributed by atoms with van der Waals surface area (Å²) in [6.45, 7) is 8.56. The summed E-state index contributed by atoms with van der Waals surface area (Å²) in [5.74, 6) is 0.269. The third kappa shape index (κ3) is 7.70. The molecule has 0 heterocycles. The topological polar surface area (TPSA) is 52.6 Å². The van der Waals surface area contributed by atoms with Crippen molar-refractivity contribution in [3.8, 4) is 0 Å². The highest BCUT2D eigenvalue weighted by atomic mass is 32.2. The molecule has 17 heavy (non-hydrogen) atoms. The summed E-state index contributed by atoms with van der Waals surface area (Å²) in [6, 6.07) is 0.854. The highest BCUT2D eigenvalue weighted by Crippen LogP contribution is 2.18. The molecule has 0 aromatic carbocycles. The normalized spacial score (nSPS) is 11.5. The van der Waals surface area contributed by atoms with Crippen molar-refractivity contribution in [2.24, 2.45) is 0 Å². The predicted molar refractivity (Wildman–Crippen MR) is 72.4 cm³/mol. The standard InChI is InChI=1S/C11H22O4SSi/c1-5-14-17(4,15-6-2)9-7-8-16-11(13)10(3)12/h5-9H2,1-4H3. The van der Waals surface area contributed by atoms with Crippen molar-refractivity contribution in [1.29, 1.82) is 0 Å². The summed E-state index contributed by atoms with van der Waals surface area (Å²) >= 11 is 1.08. The fourth-order valence-electron chi connectivity index (χ4n) is 1.46. The molecule has 0 amide bonds. The van der Waals surface area contributed by atoms with Crippen LogP contribution >= 0.6 is 11.8 Å². The van der Waals surface area contributed by atoms with Gasteiger partial charge in [-0.3, -0.25) is 9.59 Å². The number of thioether (sulfide) groups is 1. The number of Topliss-reactive ketones (excluding diaryl/α,β-unsaturated/α-hetero) is 1. The largest absolute Gasteiger partial charge is 0.395 e. The van der Waals surface area contributed by atoms with E-state index in [-0.39, 0.29) is 10.9 Å². The molecule has 100 valence electrons. The fourth-order valence-corrected chi connectivity index (χ4v) is 4.80. The van der Waals surface area contributed by atoms with Gasteiger partial charge in [-0.25, -0.2) is 0 Å². The molecule has 0 aromatic heterocycles. The Kier molecular flexibility index (Phi) is 8.76. The molecule has 0 bridgehead atoms. The molecule has 0 saturated heterocycles. The first-order chi connectivity index (χ1) is 7.95. The molecule has 0 saturated carbocycles. The molecule has 0 unspecified atom stereocenters. The molecule has 0 N–H and O–H groups in total. The Morgan fingerprint density at radius 3 is 2.12 bits per heavy atom. The van der Waals surface area contributed by atoms with Crippen LogP contribution in [0.25, 0.3) is 0 Å². The van der Waals surface area contributed by atoms with Gasteiger partial charge in [0.2, 0.25) is 5.78 Å². The van der Waals surface area contributed by atoms with Crippen LogP contribution in [0.2, 0.25) is 12.6 Å². The van der Waals surface area contributed by atoms with Crippen molar-refractivity contribution in [1.82, 2.24) is 0 Å². The first-order valence-electron chi connectivity index (χ1n) is 5.90. The number of carbonyl (C=O) groups is 2. The van der Waals surface area contributed by atoms with Gasteiger partial charge in [0.05, 0.1) is 0 Å². The van der Waals surface area contributed by atoms with Crippen LogP contribution < -0.4 is 0 Å². The minimum atomic E-state index is -2.06. The summed E-state index contributed by atoms with van der Waals surface area (Å²) in [5.41, 5.74) is 0. The summed E-state index contributed by atoms with van der Waals surface area (Å²) in [5, 5.41) is -0.360. The van der Waals surface area contributed by atoms with Crippen molar-refractivity contribution >= 4 is 31.2 Å². The molecule has 0 atom stereocenters. The van der Waals surface area contributed by atoms with Gasteiger partial charge in [0.1, 0.15) is 0 Å². The Balaban J connectivity index is 3.90. The molecule has 0 aliphatic heterocycles. The quantitative estimate of drug-likeness (QED) is 0.368. The molecule has 4 nitrogen and oxygen atoms in total. The van der Waals surface area contributed by atoms with Crippen LogP contribution in [0.4, 0.5) is 0 Å². The minimum Gasteiger partial charge on any atom is -0.395 e. The Labute approximate surface area is 109 Å². The lowest BCUT2D eigenvalue weighted by Crippen LogP contribution is -2.38. The smallest absolute Gasteiger partial charge is 0.334 e. The summed E-state index contributed by atoms with van der Waals surface area (Å²) < 4.78 is 11.4. The maximum absolute atomic E-state index is 11.1.